The van der Waals surface area contributed by atoms with Crippen LogP contribution < -0.4 is 20.1 Å². The summed E-state index contributed by atoms with van der Waals surface area (Å²) >= 11 is 0. The summed E-state index contributed by atoms with van der Waals surface area (Å²) in [4.78, 5) is 40.3. The third kappa shape index (κ3) is 5.24. The first kappa shape index (κ1) is 23.4. The van der Waals surface area contributed by atoms with E-state index in [0.717, 1.165) is 11.1 Å². The van der Waals surface area contributed by atoms with Crippen LogP contribution in [-0.4, -0.2) is 47.3 Å². The summed E-state index contributed by atoms with van der Waals surface area (Å²) in [5.74, 6) is 0.337. The molecule has 0 fully saturated rings. The Morgan fingerprint density at radius 2 is 1.76 bits per heavy atom. The molecule has 2 aromatic carbocycles. The third-order valence-electron chi connectivity index (χ3n) is 5.57. The smallest absolute Gasteiger partial charge is 0.411 e. The summed E-state index contributed by atoms with van der Waals surface area (Å²) in [6.07, 6.45) is -0.239. The average Bonchev–Trinajstić information content (AvgIpc) is 3.24. The molecule has 2 heterocycles. The molecule has 9 nitrogen and oxygen atoms in total. The number of carbonyl (C=O) groups is 3. The number of benzene rings is 2. The lowest BCUT2D eigenvalue weighted by molar-refractivity contribution is -0.130. The van der Waals surface area contributed by atoms with Gasteiger partial charge < -0.3 is 24.8 Å². The van der Waals surface area contributed by atoms with Crippen LogP contribution >= 0.6 is 0 Å². The Hall–Kier alpha value is -3.75. The van der Waals surface area contributed by atoms with E-state index in [0.29, 0.717) is 23.6 Å². The van der Waals surface area contributed by atoms with Crippen molar-refractivity contribution in [1.82, 2.24) is 10.2 Å². The number of nitrogens with zero attached hydrogens (tertiary/aromatic N) is 1. The molecule has 180 valence electrons. The first-order chi connectivity index (χ1) is 16.1. The van der Waals surface area contributed by atoms with Gasteiger partial charge in [0.1, 0.15) is 17.7 Å². The molecule has 2 aromatic rings. The van der Waals surface area contributed by atoms with Gasteiger partial charge in [0.15, 0.2) is 11.5 Å². The van der Waals surface area contributed by atoms with Gasteiger partial charge in [-0.2, -0.15) is 0 Å². The lowest BCUT2D eigenvalue weighted by atomic mass is 9.93. The van der Waals surface area contributed by atoms with Crippen LogP contribution in [0.5, 0.6) is 11.5 Å². The van der Waals surface area contributed by atoms with Gasteiger partial charge in [0.05, 0.1) is 6.54 Å². The second-order valence-corrected chi connectivity index (χ2v) is 9.38. The van der Waals surface area contributed by atoms with Gasteiger partial charge in [0.2, 0.25) is 18.6 Å². The molecule has 34 heavy (non-hydrogen) atoms. The van der Waals surface area contributed by atoms with Gasteiger partial charge in [-0.3, -0.25) is 14.5 Å². The molecule has 2 aliphatic rings. The molecule has 0 saturated carbocycles. The van der Waals surface area contributed by atoms with E-state index in [9.17, 15) is 14.4 Å². The quantitative estimate of drug-likeness (QED) is 0.715. The van der Waals surface area contributed by atoms with Crippen LogP contribution in [0.1, 0.15) is 38.8 Å². The summed E-state index contributed by atoms with van der Waals surface area (Å²) in [6, 6.07) is 11.1. The van der Waals surface area contributed by atoms with E-state index in [1.807, 2.05) is 24.3 Å². The predicted molar refractivity (Wildman–Crippen MR) is 125 cm³/mol. The molecule has 0 aliphatic carbocycles. The standard InChI is InChI=1S/C25H29N3O6/c1-15(22(29)27-18-9-10-20-21(12-18)33-14-32-20)26-23(30)19-11-16-7-5-6-8-17(16)13-28(19)24(31)34-25(2,3)4/h5-10,12,15,19H,11,13-14H2,1-4H3,(H,26,30)(H,27,29)/t15-,19+/m0/s1. The van der Waals surface area contributed by atoms with E-state index in [1.54, 1.807) is 45.9 Å². The highest BCUT2D eigenvalue weighted by Crippen LogP contribution is 2.34. The van der Waals surface area contributed by atoms with E-state index < -0.39 is 35.6 Å². The Labute approximate surface area is 198 Å². The van der Waals surface area contributed by atoms with Gasteiger partial charge in [-0.15, -0.1) is 0 Å². The zero-order valence-electron chi connectivity index (χ0n) is 19.7. The van der Waals surface area contributed by atoms with E-state index in [4.69, 9.17) is 14.2 Å². The van der Waals surface area contributed by atoms with Crippen LogP contribution in [0.4, 0.5) is 10.5 Å². The molecule has 2 N–H and O–H groups in total. The number of ether oxygens (including phenoxy) is 3. The van der Waals surface area contributed by atoms with Crippen LogP contribution in [0.15, 0.2) is 42.5 Å². The largest absolute Gasteiger partial charge is 0.454 e. The Kier molecular flexibility index (Phi) is 6.37. The molecule has 0 aromatic heterocycles. The van der Waals surface area contributed by atoms with Gasteiger partial charge in [-0.25, -0.2) is 4.79 Å². The Morgan fingerprint density at radius 1 is 1.06 bits per heavy atom. The number of amides is 3. The van der Waals surface area contributed by atoms with Crippen molar-refractivity contribution in [3.63, 3.8) is 0 Å². The van der Waals surface area contributed by atoms with Crippen LogP contribution in [0, 0.1) is 0 Å². The molecular weight excluding hydrogens is 438 g/mol. The van der Waals surface area contributed by atoms with Crippen molar-refractivity contribution < 1.29 is 28.6 Å². The molecule has 2 atom stereocenters. The second kappa shape index (κ2) is 9.24. The van der Waals surface area contributed by atoms with Crippen molar-refractivity contribution in [3.8, 4) is 11.5 Å². The van der Waals surface area contributed by atoms with Gasteiger partial charge >= 0.3 is 6.09 Å². The maximum atomic E-state index is 13.2. The maximum absolute atomic E-state index is 13.2. The van der Waals surface area contributed by atoms with Crippen molar-refractivity contribution >= 4 is 23.6 Å². The summed E-state index contributed by atoms with van der Waals surface area (Å²) in [5, 5.41) is 5.51. The minimum Gasteiger partial charge on any atom is -0.454 e. The Bertz CT molecular complexity index is 1110. The third-order valence-corrected chi connectivity index (χ3v) is 5.57. The van der Waals surface area contributed by atoms with E-state index in [-0.39, 0.29) is 13.3 Å². The zero-order chi connectivity index (χ0) is 24.5. The minimum atomic E-state index is -0.837. The van der Waals surface area contributed by atoms with E-state index in [1.165, 1.54) is 4.90 Å². The number of rotatable bonds is 4. The molecule has 0 radical (unpaired) electrons. The molecule has 3 amide bonds. The predicted octanol–water partition coefficient (Wildman–Crippen LogP) is 3.22. The second-order valence-electron chi connectivity index (χ2n) is 9.38. The molecule has 0 bridgehead atoms. The molecule has 4 rings (SSSR count). The van der Waals surface area contributed by atoms with Crippen LogP contribution in [0.25, 0.3) is 0 Å². The summed E-state index contributed by atoms with van der Waals surface area (Å²) in [5.41, 5.74) is 1.77. The highest BCUT2D eigenvalue weighted by atomic mass is 16.7. The highest BCUT2D eigenvalue weighted by molar-refractivity contribution is 5.98. The van der Waals surface area contributed by atoms with E-state index in [2.05, 4.69) is 10.6 Å². The molecule has 0 unspecified atom stereocenters. The summed E-state index contributed by atoms with van der Waals surface area (Å²) < 4.78 is 16.2. The fourth-order valence-electron chi connectivity index (χ4n) is 3.87. The van der Waals surface area contributed by atoms with Crippen molar-refractivity contribution in [1.29, 1.82) is 0 Å². The van der Waals surface area contributed by atoms with Crippen molar-refractivity contribution in [2.75, 3.05) is 12.1 Å². The first-order valence-corrected chi connectivity index (χ1v) is 11.2. The maximum Gasteiger partial charge on any atom is 0.411 e. The fraction of sp³-hybridized carbons (Fsp3) is 0.400. The number of carbonyl (C=O) groups excluding carboxylic acids is 3. The van der Waals surface area contributed by atoms with Gasteiger partial charge in [0, 0.05) is 18.2 Å². The SMILES string of the molecule is C[C@H](NC(=O)[C@H]1Cc2ccccc2CN1C(=O)OC(C)(C)C)C(=O)Nc1ccc2c(c1)OCO2. The summed E-state index contributed by atoms with van der Waals surface area (Å²) in [6.45, 7) is 7.31. The average molecular weight is 468 g/mol. The van der Waals surface area contributed by atoms with Crippen LogP contribution in [0.2, 0.25) is 0 Å². The van der Waals surface area contributed by atoms with Crippen LogP contribution in [-0.2, 0) is 27.3 Å². The molecule has 9 heteroatoms. The first-order valence-electron chi connectivity index (χ1n) is 11.2. The number of nitrogens with one attached hydrogen (secondary N) is 2. The Balaban J connectivity index is 1.45. The number of hydrogen-bond donors (Lipinski definition) is 2. The minimum absolute atomic E-state index is 0.137. The monoisotopic (exact) mass is 467 g/mol. The zero-order valence-corrected chi connectivity index (χ0v) is 19.7. The highest BCUT2D eigenvalue weighted by Gasteiger charge is 2.37. The fourth-order valence-corrected chi connectivity index (χ4v) is 3.87. The Morgan fingerprint density at radius 3 is 2.50 bits per heavy atom. The van der Waals surface area contributed by atoms with Crippen molar-refractivity contribution in [3.05, 3.63) is 53.6 Å². The number of hydrogen-bond acceptors (Lipinski definition) is 6. The normalized spacial score (nSPS) is 17.4. The van der Waals surface area contributed by atoms with Crippen molar-refractivity contribution in [2.45, 2.75) is 58.3 Å². The molecule has 0 saturated heterocycles. The molecular formula is C25H29N3O6. The van der Waals surface area contributed by atoms with Crippen molar-refractivity contribution in [2.24, 2.45) is 0 Å². The van der Waals surface area contributed by atoms with Gasteiger partial charge in [-0.1, -0.05) is 24.3 Å². The van der Waals surface area contributed by atoms with Crippen LogP contribution in [0.3, 0.4) is 0 Å². The lowest BCUT2D eigenvalue weighted by Gasteiger charge is -2.37. The lowest BCUT2D eigenvalue weighted by Crippen LogP contribution is -2.56. The number of fused-ring (bicyclic) bond motifs is 2. The number of anilines is 1. The van der Waals surface area contributed by atoms with Gasteiger partial charge in [-0.05, 0) is 51.0 Å². The van der Waals surface area contributed by atoms with Gasteiger partial charge in [0.25, 0.3) is 0 Å². The molecule has 2 aliphatic heterocycles. The van der Waals surface area contributed by atoms with E-state index >= 15 is 0 Å². The molecule has 0 spiro atoms. The summed E-state index contributed by atoms with van der Waals surface area (Å²) in [7, 11) is 0. The topological polar surface area (TPSA) is 106 Å².